The zero-order valence-electron chi connectivity index (χ0n) is 17.6. The molecule has 7 heteroatoms. The van der Waals surface area contributed by atoms with Gasteiger partial charge in [-0.25, -0.2) is 0 Å². The maximum Gasteiger partial charge on any atom is 0.261 e. The molecule has 2 amide bonds. The predicted molar refractivity (Wildman–Crippen MR) is 130 cm³/mol. The average Bonchev–Trinajstić information content (AvgIpc) is 2.81. The van der Waals surface area contributed by atoms with Crippen LogP contribution in [0.3, 0.4) is 0 Å². The van der Waals surface area contributed by atoms with Crippen molar-refractivity contribution in [3.63, 3.8) is 0 Å². The van der Waals surface area contributed by atoms with Crippen molar-refractivity contribution in [2.24, 2.45) is 0 Å². The summed E-state index contributed by atoms with van der Waals surface area (Å²) in [7, 11) is 1.57. The lowest BCUT2D eigenvalue weighted by Crippen LogP contribution is -2.51. The molecule has 0 fully saturated rings. The molecule has 1 atom stereocenters. The van der Waals surface area contributed by atoms with Gasteiger partial charge in [0.05, 0.1) is 5.02 Å². The highest BCUT2D eigenvalue weighted by Gasteiger charge is 2.30. The fourth-order valence-electron chi connectivity index (χ4n) is 3.32. The first-order valence-electron chi connectivity index (χ1n) is 10.1. The van der Waals surface area contributed by atoms with E-state index in [0.717, 1.165) is 15.6 Å². The van der Waals surface area contributed by atoms with Gasteiger partial charge >= 0.3 is 0 Å². The van der Waals surface area contributed by atoms with Crippen LogP contribution in [0.5, 0.6) is 5.75 Å². The number of carbonyl (C=O) groups is 2. The highest BCUT2D eigenvalue weighted by Crippen LogP contribution is 2.28. The number of halogens is 2. The summed E-state index contributed by atoms with van der Waals surface area (Å²) in [6, 6.07) is 23.7. The van der Waals surface area contributed by atoms with Gasteiger partial charge in [0.25, 0.3) is 5.91 Å². The van der Waals surface area contributed by atoms with Gasteiger partial charge in [0.1, 0.15) is 11.8 Å². The predicted octanol–water partition coefficient (Wildman–Crippen LogP) is 4.87. The quantitative estimate of drug-likeness (QED) is 0.442. The lowest BCUT2D eigenvalue weighted by Gasteiger charge is -2.31. The SMILES string of the molecule is CNC(=O)C(Cc1ccccc1)N(Cc1ccccc1)C(=O)COc1ccc(Br)cc1Cl. The van der Waals surface area contributed by atoms with E-state index in [1.807, 2.05) is 60.7 Å². The van der Waals surface area contributed by atoms with Gasteiger partial charge in [0.15, 0.2) is 6.61 Å². The van der Waals surface area contributed by atoms with Crippen LogP contribution in [0.15, 0.2) is 83.3 Å². The molecule has 3 rings (SSSR count). The highest BCUT2D eigenvalue weighted by atomic mass is 79.9. The minimum Gasteiger partial charge on any atom is -0.482 e. The van der Waals surface area contributed by atoms with Crippen molar-refractivity contribution in [3.8, 4) is 5.75 Å². The zero-order chi connectivity index (χ0) is 22.9. The molecule has 0 saturated carbocycles. The van der Waals surface area contributed by atoms with E-state index >= 15 is 0 Å². The number of nitrogens with one attached hydrogen (secondary N) is 1. The lowest BCUT2D eigenvalue weighted by molar-refractivity contribution is -0.142. The Labute approximate surface area is 201 Å². The molecule has 0 heterocycles. The third-order valence-electron chi connectivity index (χ3n) is 4.96. The second-order valence-corrected chi connectivity index (χ2v) is 8.51. The first-order chi connectivity index (χ1) is 15.5. The Kier molecular flexibility index (Phi) is 8.71. The van der Waals surface area contributed by atoms with Crippen LogP contribution in [0.25, 0.3) is 0 Å². The molecule has 32 heavy (non-hydrogen) atoms. The molecule has 0 bridgehead atoms. The van der Waals surface area contributed by atoms with Gasteiger partial charge in [-0.05, 0) is 29.3 Å². The molecule has 1 unspecified atom stereocenters. The number of amides is 2. The summed E-state index contributed by atoms with van der Waals surface area (Å²) in [5.41, 5.74) is 1.88. The van der Waals surface area contributed by atoms with E-state index in [0.29, 0.717) is 17.2 Å². The van der Waals surface area contributed by atoms with Crippen LogP contribution in [0.2, 0.25) is 5.02 Å². The molecule has 3 aromatic rings. The summed E-state index contributed by atoms with van der Waals surface area (Å²) in [6.07, 6.45) is 0.387. The van der Waals surface area contributed by atoms with Crippen LogP contribution in [0, 0.1) is 0 Å². The third-order valence-corrected chi connectivity index (χ3v) is 5.75. The van der Waals surface area contributed by atoms with Crippen LogP contribution < -0.4 is 10.1 Å². The minimum absolute atomic E-state index is 0.236. The molecular weight excluding hydrogens is 492 g/mol. The summed E-state index contributed by atoms with van der Waals surface area (Å²) >= 11 is 9.57. The normalized spacial score (nSPS) is 11.5. The number of hydrogen-bond acceptors (Lipinski definition) is 3. The summed E-state index contributed by atoms with van der Waals surface area (Å²) in [5.74, 6) is -0.139. The second kappa shape index (κ2) is 11.7. The second-order valence-electron chi connectivity index (χ2n) is 7.19. The number of nitrogens with zero attached hydrogens (tertiary/aromatic N) is 1. The number of hydrogen-bond donors (Lipinski definition) is 1. The van der Waals surface area contributed by atoms with Gasteiger partial charge in [-0.2, -0.15) is 0 Å². The lowest BCUT2D eigenvalue weighted by atomic mass is 10.0. The molecule has 5 nitrogen and oxygen atoms in total. The van der Waals surface area contributed by atoms with Crippen molar-refractivity contribution >= 4 is 39.3 Å². The fraction of sp³-hybridized carbons (Fsp3) is 0.200. The number of ether oxygens (including phenoxy) is 1. The molecule has 0 spiro atoms. The van der Waals surface area contributed by atoms with E-state index in [1.54, 1.807) is 30.1 Å². The molecule has 0 aromatic heterocycles. The summed E-state index contributed by atoms with van der Waals surface area (Å²) in [4.78, 5) is 27.7. The van der Waals surface area contributed by atoms with Gasteiger partial charge in [-0.1, -0.05) is 88.2 Å². The molecule has 0 radical (unpaired) electrons. The van der Waals surface area contributed by atoms with E-state index in [9.17, 15) is 9.59 Å². The van der Waals surface area contributed by atoms with E-state index in [-0.39, 0.29) is 25.0 Å². The maximum absolute atomic E-state index is 13.3. The standard InChI is InChI=1S/C25H24BrClN2O3/c1-28-25(31)22(14-18-8-4-2-5-9-18)29(16-19-10-6-3-7-11-19)24(30)17-32-23-13-12-20(26)15-21(23)27/h2-13,15,22H,14,16-17H2,1H3,(H,28,31). The summed E-state index contributed by atoms with van der Waals surface area (Å²) < 4.78 is 6.52. The average molecular weight is 516 g/mol. The smallest absolute Gasteiger partial charge is 0.261 e. The molecule has 0 saturated heterocycles. The van der Waals surface area contributed by atoms with Crippen molar-refractivity contribution < 1.29 is 14.3 Å². The topological polar surface area (TPSA) is 58.6 Å². The van der Waals surface area contributed by atoms with Crippen molar-refractivity contribution in [2.75, 3.05) is 13.7 Å². The Morgan fingerprint density at radius 2 is 1.62 bits per heavy atom. The van der Waals surface area contributed by atoms with Gasteiger partial charge in [-0.3, -0.25) is 9.59 Å². The first-order valence-corrected chi connectivity index (χ1v) is 11.3. The number of benzene rings is 3. The third kappa shape index (κ3) is 6.58. The van der Waals surface area contributed by atoms with E-state index < -0.39 is 6.04 Å². The Hall–Kier alpha value is -2.83. The molecule has 0 aliphatic heterocycles. The van der Waals surface area contributed by atoms with Crippen molar-refractivity contribution in [2.45, 2.75) is 19.0 Å². The Bertz CT molecular complexity index is 1050. The van der Waals surface area contributed by atoms with Crippen LogP contribution in [0.4, 0.5) is 0 Å². The van der Waals surface area contributed by atoms with Gasteiger partial charge < -0.3 is 15.0 Å². The molecule has 0 aliphatic rings. The molecular formula is C25H24BrClN2O3. The van der Waals surface area contributed by atoms with Crippen LogP contribution in [-0.4, -0.2) is 36.4 Å². The Morgan fingerprint density at radius 3 is 2.22 bits per heavy atom. The first kappa shape index (κ1) is 23.8. The number of likely N-dealkylation sites (N-methyl/N-ethyl adjacent to an activating group) is 1. The van der Waals surface area contributed by atoms with Crippen LogP contribution >= 0.6 is 27.5 Å². The molecule has 166 valence electrons. The van der Waals surface area contributed by atoms with Crippen molar-refractivity contribution in [1.29, 1.82) is 0 Å². The maximum atomic E-state index is 13.3. The van der Waals surface area contributed by atoms with Crippen molar-refractivity contribution in [3.05, 3.63) is 99.5 Å². The fourth-order valence-corrected chi connectivity index (χ4v) is 4.04. The molecule has 3 aromatic carbocycles. The molecule has 0 aliphatic carbocycles. The highest BCUT2D eigenvalue weighted by molar-refractivity contribution is 9.10. The number of carbonyl (C=O) groups excluding carboxylic acids is 2. The van der Waals surface area contributed by atoms with E-state index in [4.69, 9.17) is 16.3 Å². The zero-order valence-corrected chi connectivity index (χ0v) is 20.0. The van der Waals surface area contributed by atoms with Gasteiger partial charge in [0.2, 0.25) is 5.91 Å². The Morgan fingerprint density at radius 1 is 1.00 bits per heavy atom. The van der Waals surface area contributed by atoms with E-state index in [2.05, 4.69) is 21.2 Å². The van der Waals surface area contributed by atoms with Crippen LogP contribution in [0.1, 0.15) is 11.1 Å². The Balaban J connectivity index is 1.86. The largest absolute Gasteiger partial charge is 0.482 e. The number of rotatable bonds is 9. The van der Waals surface area contributed by atoms with Crippen molar-refractivity contribution in [1.82, 2.24) is 10.2 Å². The van der Waals surface area contributed by atoms with E-state index in [1.165, 1.54) is 0 Å². The van der Waals surface area contributed by atoms with Crippen LogP contribution in [-0.2, 0) is 22.6 Å². The van der Waals surface area contributed by atoms with Gasteiger partial charge in [-0.15, -0.1) is 0 Å². The molecule has 1 N–H and O–H groups in total. The summed E-state index contributed by atoms with van der Waals surface area (Å²) in [5, 5.41) is 3.09. The monoisotopic (exact) mass is 514 g/mol. The van der Waals surface area contributed by atoms with Gasteiger partial charge in [0, 0.05) is 24.5 Å². The minimum atomic E-state index is -0.695. The summed E-state index contributed by atoms with van der Waals surface area (Å²) in [6.45, 7) is 0.0402.